The number of nitrogens with zero attached hydrogens (tertiary/aromatic N) is 6. The van der Waals surface area contributed by atoms with Crippen LogP contribution in [0.2, 0.25) is 0 Å². The maximum atomic E-state index is 13.9. The maximum Gasteiger partial charge on any atom is 0.409 e. The maximum absolute atomic E-state index is 13.9. The van der Waals surface area contributed by atoms with Gasteiger partial charge in [-0.3, -0.25) is 24.6 Å². The second kappa shape index (κ2) is 11.1. The van der Waals surface area contributed by atoms with Crippen molar-refractivity contribution in [1.82, 2.24) is 19.6 Å². The van der Waals surface area contributed by atoms with Crippen molar-refractivity contribution in [1.29, 1.82) is 0 Å². The number of piperazine rings is 2. The highest BCUT2D eigenvalue weighted by Crippen LogP contribution is 2.38. The first kappa shape index (κ1) is 26.2. The first-order valence-corrected chi connectivity index (χ1v) is 13.6. The van der Waals surface area contributed by atoms with Crippen LogP contribution >= 0.6 is 0 Å². The number of hydrogen-bond donors (Lipinski definition) is 0. The van der Waals surface area contributed by atoms with E-state index in [0.29, 0.717) is 65.4 Å². The number of nitro groups is 1. The van der Waals surface area contributed by atoms with Crippen molar-refractivity contribution in [2.45, 2.75) is 32.2 Å². The quantitative estimate of drug-likeness (QED) is 0.413. The molecule has 5 rings (SSSR count). The van der Waals surface area contributed by atoms with Gasteiger partial charge in [-0.05, 0) is 37.8 Å². The molecule has 4 aliphatic heterocycles. The zero-order valence-electron chi connectivity index (χ0n) is 21.9. The van der Waals surface area contributed by atoms with Crippen LogP contribution in [0, 0.1) is 16.0 Å². The van der Waals surface area contributed by atoms with E-state index in [1.807, 2.05) is 4.90 Å². The lowest BCUT2D eigenvalue weighted by atomic mass is 9.82. The number of hydrogen-bond acceptors (Lipinski definition) is 8. The average molecular weight is 529 g/mol. The third kappa shape index (κ3) is 5.27. The summed E-state index contributed by atoms with van der Waals surface area (Å²) in [5, 5.41) is 11.5. The summed E-state index contributed by atoms with van der Waals surface area (Å²) in [6.07, 6.45) is 2.13. The van der Waals surface area contributed by atoms with Crippen molar-refractivity contribution in [3.05, 3.63) is 33.9 Å². The lowest BCUT2D eigenvalue weighted by Crippen LogP contribution is -2.63. The van der Waals surface area contributed by atoms with Crippen LogP contribution in [-0.4, -0.2) is 121 Å². The summed E-state index contributed by atoms with van der Waals surface area (Å²) in [4.78, 5) is 59.6. The molecule has 0 bridgehead atoms. The SMILES string of the molecule is CCOC(=O)N1CCN(C(=O)[C@H]2Cc3cc([N+](=O)[O-])ccc3N3CCN(CC(=O)N4CCCC4)C[C@@H]23)CC1. The summed E-state index contributed by atoms with van der Waals surface area (Å²) in [5.41, 5.74) is 1.76. The van der Waals surface area contributed by atoms with E-state index in [-0.39, 0.29) is 29.6 Å². The number of benzene rings is 1. The molecule has 0 N–H and O–H groups in total. The molecule has 3 amide bonds. The molecule has 0 unspecified atom stereocenters. The topological polar surface area (TPSA) is 120 Å². The van der Waals surface area contributed by atoms with Gasteiger partial charge in [0.1, 0.15) is 0 Å². The number of fused-ring (bicyclic) bond motifs is 3. The van der Waals surface area contributed by atoms with E-state index in [2.05, 4.69) is 9.80 Å². The lowest BCUT2D eigenvalue weighted by Gasteiger charge is -2.50. The van der Waals surface area contributed by atoms with Gasteiger partial charge in [-0.15, -0.1) is 0 Å². The van der Waals surface area contributed by atoms with Gasteiger partial charge in [-0.25, -0.2) is 4.79 Å². The summed E-state index contributed by atoms with van der Waals surface area (Å²) in [5.74, 6) is -0.266. The first-order valence-electron chi connectivity index (χ1n) is 13.6. The Morgan fingerprint density at radius 3 is 2.37 bits per heavy atom. The van der Waals surface area contributed by atoms with Crippen LogP contribution in [0.1, 0.15) is 25.3 Å². The Bertz CT molecular complexity index is 1080. The van der Waals surface area contributed by atoms with Gasteiger partial charge in [0.2, 0.25) is 11.8 Å². The lowest BCUT2D eigenvalue weighted by molar-refractivity contribution is -0.384. The van der Waals surface area contributed by atoms with Crippen molar-refractivity contribution >= 4 is 29.3 Å². The Balaban J connectivity index is 1.34. The molecular weight excluding hydrogens is 492 g/mol. The van der Waals surface area contributed by atoms with Gasteiger partial charge in [0.05, 0.1) is 30.0 Å². The highest BCUT2D eigenvalue weighted by atomic mass is 16.6. The summed E-state index contributed by atoms with van der Waals surface area (Å²) in [6, 6.07) is 4.77. The van der Waals surface area contributed by atoms with Crippen LogP contribution in [-0.2, 0) is 20.7 Å². The zero-order valence-corrected chi connectivity index (χ0v) is 21.9. The van der Waals surface area contributed by atoms with Crippen molar-refractivity contribution in [3.8, 4) is 0 Å². The van der Waals surface area contributed by atoms with Crippen LogP contribution in [0.3, 0.4) is 0 Å². The van der Waals surface area contributed by atoms with Gasteiger partial charge in [-0.1, -0.05) is 0 Å². The number of rotatable bonds is 5. The molecule has 4 heterocycles. The normalized spacial score (nSPS) is 23.6. The monoisotopic (exact) mass is 528 g/mol. The van der Waals surface area contributed by atoms with E-state index >= 15 is 0 Å². The Morgan fingerprint density at radius 1 is 0.974 bits per heavy atom. The van der Waals surface area contributed by atoms with E-state index in [1.54, 1.807) is 28.9 Å². The Kier molecular flexibility index (Phi) is 7.68. The molecule has 3 fully saturated rings. The van der Waals surface area contributed by atoms with Crippen LogP contribution in [0.25, 0.3) is 0 Å². The van der Waals surface area contributed by atoms with Crippen LogP contribution in [0.15, 0.2) is 18.2 Å². The van der Waals surface area contributed by atoms with Crippen molar-refractivity contribution in [2.75, 3.05) is 77.0 Å². The number of ether oxygens (including phenoxy) is 1. The Labute approximate surface area is 222 Å². The number of anilines is 1. The smallest absolute Gasteiger partial charge is 0.409 e. The molecule has 0 saturated carbocycles. The predicted octanol–water partition coefficient (Wildman–Crippen LogP) is 1.18. The molecular formula is C26H36N6O6. The van der Waals surface area contributed by atoms with E-state index in [4.69, 9.17) is 4.74 Å². The van der Waals surface area contributed by atoms with Gasteiger partial charge >= 0.3 is 6.09 Å². The molecule has 0 aromatic heterocycles. The average Bonchev–Trinajstić information content (AvgIpc) is 3.47. The van der Waals surface area contributed by atoms with Gasteiger partial charge in [-0.2, -0.15) is 0 Å². The van der Waals surface area contributed by atoms with Crippen LogP contribution < -0.4 is 4.90 Å². The minimum absolute atomic E-state index is 0.00613. The number of carbonyl (C=O) groups excluding carboxylic acids is 3. The second-order valence-electron chi connectivity index (χ2n) is 10.5. The van der Waals surface area contributed by atoms with Crippen molar-refractivity contribution in [2.24, 2.45) is 5.92 Å². The molecule has 4 aliphatic rings. The molecule has 1 aromatic rings. The fraction of sp³-hybridized carbons (Fsp3) is 0.654. The highest BCUT2D eigenvalue weighted by Gasteiger charge is 2.44. The molecule has 38 heavy (non-hydrogen) atoms. The minimum Gasteiger partial charge on any atom is -0.450 e. The first-order chi connectivity index (χ1) is 18.4. The standard InChI is InChI=1S/C26H36N6O6/c1-2-38-26(35)30-12-10-29(11-13-30)25(34)21-16-19-15-20(32(36)37)5-6-22(19)31-14-9-27(17-23(21)31)18-24(33)28-7-3-4-8-28/h5-6,15,21,23H,2-4,7-14,16-18H2,1H3/t21-,23-/m0/s1. The fourth-order valence-electron chi connectivity index (χ4n) is 6.23. The molecule has 1 aromatic carbocycles. The predicted molar refractivity (Wildman–Crippen MR) is 139 cm³/mol. The van der Waals surface area contributed by atoms with E-state index in [0.717, 1.165) is 37.2 Å². The van der Waals surface area contributed by atoms with Gasteiger partial charge in [0.15, 0.2) is 0 Å². The molecule has 12 heteroatoms. The fourth-order valence-corrected chi connectivity index (χ4v) is 6.23. The molecule has 12 nitrogen and oxygen atoms in total. The molecule has 0 aliphatic carbocycles. The second-order valence-corrected chi connectivity index (χ2v) is 10.5. The van der Waals surface area contributed by atoms with Gasteiger partial charge < -0.3 is 24.3 Å². The largest absolute Gasteiger partial charge is 0.450 e. The van der Waals surface area contributed by atoms with E-state index in [1.165, 1.54) is 6.07 Å². The van der Waals surface area contributed by atoms with Crippen LogP contribution in [0.4, 0.5) is 16.2 Å². The highest BCUT2D eigenvalue weighted by molar-refractivity contribution is 5.83. The number of likely N-dealkylation sites (tertiary alicyclic amines) is 1. The van der Waals surface area contributed by atoms with Crippen molar-refractivity contribution < 1.29 is 24.0 Å². The zero-order chi connectivity index (χ0) is 26.8. The molecule has 3 saturated heterocycles. The summed E-state index contributed by atoms with van der Waals surface area (Å²) < 4.78 is 5.10. The third-order valence-corrected chi connectivity index (χ3v) is 8.24. The molecule has 2 atom stereocenters. The Morgan fingerprint density at radius 2 is 1.68 bits per heavy atom. The Hall–Kier alpha value is -3.41. The minimum atomic E-state index is -0.403. The summed E-state index contributed by atoms with van der Waals surface area (Å²) in [7, 11) is 0. The van der Waals surface area contributed by atoms with E-state index in [9.17, 15) is 24.5 Å². The number of amides is 3. The summed E-state index contributed by atoms with van der Waals surface area (Å²) >= 11 is 0. The molecule has 0 spiro atoms. The molecule has 206 valence electrons. The van der Waals surface area contributed by atoms with Crippen LogP contribution in [0.5, 0.6) is 0 Å². The third-order valence-electron chi connectivity index (χ3n) is 8.24. The summed E-state index contributed by atoms with van der Waals surface area (Å²) in [6.45, 7) is 7.59. The molecule has 0 radical (unpaired) electrons. The number of nitro benzene ring substituents is 1. The van der Waals surface area contributed by atoms with Gasteiger partial charge in [0.25, 0.3) is 5.69 Å². The van der Waals surface area contributed by atoms with Crippen molar-refractivity contribution in [3.63, 3.8) is 0 Å². The number of carbonyl (C=O) groups is 3. The van der Waals surface area contributed by atoms with Gasteiger partial charge in [0, 0.05) is 76.7 Å². The van der Waals surface area contributed by atoms with E-state index < -0.39 is 10.8 Å². The number of non-ortho nitro benzene ring substituents is 1.